The maximum Gasteiger partial charge on any atom is 0.161 e. The lowest BCUT2D eigenvalue weighted by Crippen LogP contribution is -2.32. The highest BCUT2D eigenvalue weighted by atomic mass is 16.5. The molecule has 1 fully saturated rings. The van der Waals surface area contributed by atoms with Gasteiger partial charge in [-0.3, -0.25) is 4.79 Å². The first kappa shape index (κ1) is 11.9. The van der Waals surface area contributed by atoms with Crippen LogP contribution in [0.15, 0.2) is 29.8 Å². The van der Waals surface area contributed by atoms with Crippen LogP contribution >= 0.6 is 0 Å². The van der Waals surface area contributed by atoms with Gasteiger partial charge in [-0.2, -0.15) is 0 Å². The van der Waals surface area contributed by atoms with E-state index in [9.17, 15) is 4.79 Å². The zero-order valence-corrected chi connectivity index (χ0v) is 10.3. The van der Waals surface area contributed by atoms with E-state index >= 15 is 0 Å². The molecule has 2 rings (SSSR count). The number of hydrogen-bond acceptors (Lipinski definition) is 3. The number of likely N-dealkylation sites (tertiary alicyclic amines) is 1. The third-order valence-electron chi connectivity index (χ3n) is 2.98. The summed E-state index contributed by atoms with van der Waals surface area (Å²) in [4.78, 5) is 13.9. The van der Waals surface area contributed by atoms with Gasteiger partial charge >= 0.3 is 0 Å². The van der Waals surface area contributed by atoms with E-state index < -0.39 is 0 Å². The second-order valence-corrected chi connectivity index (χ2v) is 4.35. The molecule has 0 amide bonds. The molecule has 0 atom stereocenters. The fraction of sp³-hybridized carbons (Fsp3) is 0.357. The van der Waals surface area contributed by atoms with Crippen LogP contribution in [0.5, 0.6) is 5.75 Å². The zero-order valence-electron chi connectivity index (χ0n) is 10.3. The summed E-state index contributed by atoms with van der Waals surface area (Å²) in [6, 6.07) is 7.74. The Hall–Kier alpha value is -1.61. The normalized spacial score (nSPS) is 19.6. The van der Waals surface area contributed by atoms with Crippen LogP contribution in [0.1, 0.15) is 12.0 Å². The van der Waals surface area contributed by atoms with Crippen molar-refractivity contribution in [3.63, 3.8) is 0 Å². The molecule has 1 heterocycles. The Labute approximate surface area is 102 Å². The number of hydrogen-bond donors (Lipinski definition) is 0. The van der Waals surface area contributed by atoms with Crippen LogP contribution in [-0.4, -0.2) is 37.9 Å². The molecule has 0 aliphatic carbocycles. The number of rotatable bonds is 2. The van der Waals surface area contributed by atoms with E-state index in [1.54, 1.807) is 7.11 Å². The predicted molar refractivity (Wildman–Crippen MR) is 68.1 cm³/mol. The summed E-state index contributed by atoms with van der Waals surface area (Å²) in [5.74, 6) is 1.10. The molecular formula is C14H17NO2. The molecule has 3 heteroatoms. The Kier molecular flexibility index (Phi) is 3.59. The van der Waals surface area contributed by atoms with Crippen molar-refractivity contribution in [2.24, 2.45) is 0 Å². The molecule has 1 saturated heterocycles. The summed E-state index contributed by atoms with van der Waals surface area (Å²) in [7, 11) is 3.68. The van der Waals surface area contributed by atoms with Crippen molar-refractivity contribution >= 4 is 11.9 Å². The highest BCUT2D eigenvalue weighted by molar-refractivity contribution is 6.00. The lowest BCUT2D eigenvalue weighted by Gasteiger charge is -2.23. The van der Waals surface area contributed by atoms with Gasteiger partial charge in [-0.05, 0) is 30.8 Å². The number of nitrogens with zero attached hydrogens (tertiary/aromatic N) is 1. The molecule has 0 saturated carbocycles. The first-order valence-electron chi connectivity index (χ1n) is 5.75. The summed E-state index contributed by atoms with van der Waals surface area (Å²) in [6.07, 6.45) is 2.59. The summed E-state index contributed by atoms with van der Waals surface area (Å²) in [6.45, 7) is 1.60. The van der Waals surface area contributed by atoms with Gasteiger partial charge in [0.05, 0.1) is 7.11 Å². The van der Waals surface area contributed by atoms with Crippen molar-refractivity contribution in [2.75, 3.05) is 27.2 Å². The highest BCUT2D eigenvalue weighted by Gasteiger charge is 2.18. The van der Waals surface area contributed by atoms with Crippen LogP contribution < -0.4 is 4.74 Å². The van der Waals surface area contributed by atoms with E-state index in [1.807, 2.05) is 37.4 Å². The lowest BCUT2D eigenvalue weighted by atomic mass is 10.0. The van der Waals surface area contributed by atoms with Gasteiger partial charge in [0.1, 0.15) is 5.75 Å². The lowest BCUT2D eigenvalue weighted by molar-refractivity contribution is -0.117. The van der Waals surface area contributed by atoms with Gasteiger partial charge < -0.3 is 9.64 Å². The summed E-state index contributed by atoms with van der Waals surface area (Å²) >= 11 is 0. The molecule has 0 unspecified atom stereocenters. The van der Waals surface area contributed by atoms with Crippen LogP contribution in [0.4, 0.5) is 0 Å². The number of Topliss-reactive ketones (excluding diaryl/α,β-unsaturated/α-hetero) is 1. The molecule has 17 heavy (non-hydrogen) atoms. The van der Waals surface area contributed by atoms with Gasteiger partial charge in [0.2, 0.25) is 0 Å². The van der Waals surface area contributed by atoms with E-state index in [-0.39, 0.29) is 5.78 Å². The maximum atomic E-state index is 11.7. The molecule has 3 nitrogen and oxygen atoms in total. The third kappa shape index (κ3) is 2.94. The molecule has 1 aliphatic rings. The number of likely N-dealkylation sites (N-methyl/N-ethyl adjacent to an activating group) is 1. The molecule has 1 aromatic carbocycles. The minimum atomic E-state index is 0.263. The molecule has 0 spiro atoms. The van der Waals surface area contributed by atoms with E-state index in [2.05, 4.69) is 4.90 Å². The SMILES string of the molecule is COc1ccc(C=C2CN(C)CCC2=O)cc1. The van der Waals surface area contributed by atoms with Gasteiger partial charge in [-0.15, -0.1) is 0 Å². The zero-order chi connectivity index (χ0) is 12.3. The molecule has 0 N–H and O–H groups in total. The summed E-state index contributed by atoms with van der Waals surface area (Å²) in [5, 5.41) is 0. The fourth-order valence-corrected chi connectivity index (χ4v) is 1.94. The van der Waals surface area contributed by atoms with Crippen molar-refractivity contribution in [1.29, 1.82) is 0 Å². The average Bonchev–Trinajstić information content (AvgIpc) is 2.35. The Bertz CT molecular complexity index is 434. The van der Waals surface area contributed by atoms with E-state index in [1.165, 1.54) is 0 Å². The Morgan fingerprint density at radius 3 is 2.65 bits per heavy atom. The number of benzene rings is 1. The number of ketones is 1. The molecule has 0 radical (unpaired) electrons. The van der Waals surface area contributed by atoms with Crippen molar-refractivity contribution in [2.45, 2.75) is 6.42 Å². The first-order valence-corrected chi connectivity index (χ1v) is 5.75. The van der Waals surface area contributed by atoms with Crippen molar-refractivity contribution in [1.82, 2.24) is 4.90 Å². The molecule has 1 aromatic rings. The standard InChI is InChI=1S/C14H17NO2/c1-15-8-7-14(16)12(10-15)9-11-3-5-13(17-2)6-4-11/h3-6,9H,7-8,10H2,1-2H3. The molecular weight excluding hydrogens is 214 g/mol. The Morgan fingerprint density at radius 2 is 2.00 bits per heavy atom. The van der Waals surface area contributed by atoms with Gasteiger partial charge in [-0.25, -0.2) is 0 Å². The first-order chi connectivity index (χ1) is 8.19. The maximum absolute atomic E-state index is 11.7. The number of carbonyl (C=O) groups excluding carboxylic acids is 1. The van der Waals surface area contributed by atoms with Crippen LogP contribution in [0, 0.1) is 0 Å². The molecule has 90 valence electrons. The van der Waals surface area contributed by atoms with Crippen molar-refractivity contribution in [3.05, 3.63) is 35.4 Å². The van der Waals surface area contributed by atoms with Gasteiger partial charge in [0.15, 0.2) is 5.78 Å². The van der Waals surface area contributed by atoms with Crippen molar-refractivity contribution in [3.8, 4) is 5.75 Å². The van der Waals surface area contributed by atoms with Crippen LogP contribution in [0.2, 0.25) is 0 Å². The summed E-state index contributed by atoms with van der Waals surface area (Å²) in [5.41, 5.74) is 1.94. The van der Waals surface area contributed by atoms with Crippen LogP contribution in [-0.2, 0) is 4.79 Å². The molecule has 0 bridgehead atoms. The second-order valence-electron chi connectivity index (χ2n) is 4.35. The second kappa shape index (κ2) is 5.15. The molecule has 0 aromatic heterocycles. The fourth-order valence-electron chi connectivity index (χ4n) is 1.94. The number of carbonyl (C=O) groups is 1. The third-order valence-corrected chi connectivity index (χ3v) is 2.98. The van der Waals surface area contributed by atoms with E-state index in [0.717, 1.165) is 30.0 Å². The largest absolute Gasteiger partial charge is 0.497 e. The van der Waals surface area contributed by atoms with Gasteiger partial charge in [0.25, 0.3) is 0 Å². The van der Waals surface area contributed by atoms with Crippen LogP contribution in [0.3, 0.4) is 0 Å². The number of piperidine rings is 1. The monoisotopic (exact) mass is 231 g/mol. The number of ether oxygens (including phenoxy) is 1. The average molecular weight is 231 g/mol. The summed E-state index contributed by atoms with van der Waals surface area (Å²) < 4.78 is 5.10. The Morgan fingerprint density at radius 1 is 1.29 bits per heavy atom. The van der Waals surface area contributed by atoms with Gasteiger partial charge in [0, 0.05) is 25.1 Å². The van der Waals surface area contributed by atoms with Crippen molar-refractivity contribution < 1.29 is 9.53 Å². The predicted octanol–water partition coefficient (Wildman–Crippen LogP) is 1.98. The van der Waals surface area contributed by atoms with Crippen LogP contribution in [0.25, 0.3) is 6.08 Å². The Balaban J connectivity index is 2.18. The highest BCUT2D eigenvalue weighted by Crippen LogP contribution is 2.17. The minimum Gasteiger partial charge on any atom is -0.497 e. The quantitative estimate of drug-likeness (QED) is 0.729. The number of methoxy groups -OCH3 is 1. The van der Waals surface area contributed by atoms with E-state index in [4.69, 9.17) is 4.74 Å². The topological polar surface area (TPSA) is 29.5 Å². The molecule has 1 aliphatic heterocycles. The minimum absolute atomic E-state index is 0.263. The van der Waals surface area contributed by atoms with E-state index in [0.29, 0.717) is 6.42 Å². The smallest absolute Gasteiger partial charge is 0.161 e. The van der Waals surface area contributed by atoms with Gasteiger partial charge in [-0.1, -0.05) is 12.1 Å².